The SMILES string of the molecule is C[C@@]1(O)CC[C@H]2[C@H](CC[C@@H]3[C@@H]2CC[C@@]2(C)[C@H]3C[C@H]3O[C@]32C(=O)CBr)C1. The van der Waals surface area contributed by atoms with Gasteiger partial charge in [0.2, 0.25) is 0 Å². The van der Waals surface area contributed by atoms with Gasteiger partial charge in [-0.25, -0.2) is 0 Å². The van der Waals surface area contributed by atoms with E-state index in [1.54, 1.807) is 0 Å². The van der Waals surface area contributed by atoms with E-state index >= 15 is 0 Å². The van der Waals surface area contributed by atoms with Crippen molar-refractivity contribution in [2.45, 2.75) is 82.5 Å². The van der Waals surface area contributed by atoms with Crippen molar-refractivity contribution in [3.8, 4) is 0 Å². The molecule has 5 rings (SSSR count). The van der Waals surface area contributed by atoms with Gasteiger partial charge in [0.05, 0.1) is 17.0 Å². The maximum absolute atomic E-state index is 12.7. The Morgan fingerprint density at radius 1 is 1.12 bits per heavy atom. The van der Waals surface area contributed by atoms with Crippen molar-refractivity contribution in [2.75, 3.05) is 5.33 Å². The first-order valence-corrected chi connectivity index (χ1v) is 11.4. The van der Waals surface area contributed by atoms with Crippen LogP contribution in [0.4, 0.5) is 0 Å². The van der Waals surface area contributed by atoms with Gasteiger partial charge in [-0.1, -0.05) is 22.9 Å². The smallest absolute Gasteiger partial charge is 0.178 e. The number of ether oxygens (including phenoxy) is 1. The minimum Gasteiger partial charge on any atom is -0.390 e. The molecule has 0 aromatic carbocycles. The van der Waals surface area contributed by atoms with E-state index in [4.69, 9.17) is 4.74 Å². The topological polar surface area (TPSA) is 49.8 Å². The van der Waals surface area contributed by atoms with Crippen LogP contribution in [-0.2, 0) is 9.53 Å². The van der Waals surface area contributed by atoms with Crippen LogP contribution in [0.1, 0.15) is 65.2 Å². The van der Waals surface area contributed by atoms with Gasteiger partial charge in [0.1, 0.15) is 0 Å². The number of hydrogen-bond acceptors (Lipinski definition) is 3. The number of epoxide rings is 1. The molecular formula is C21H31BrO3. The highest BCUT2D eigenvalue weighted by Gasteiger charge is 2.79. The summed E-state index contributed by atoms with van der Waals surface area (Å²) in [5.41, 5.74) is -0.845. The third-order valence-electron chi connectivity index (χ3n) is 9.20. The fourth-order valence-electron chi connectivity index (χ4n) is 8.10. The summed E-state index contributed by atoms with van der Waals surface area (Å²) in [4.78, 5) is 12.7. The molecule has 5 fully saturated rings. The van der Waals surface area contributed by atoms with E-state index < -0.39 is 11.2 Å². The van der Waals surface area contributed by atoms with E-state index in [1.165, 1.54) is 25.7 Å². The highest BCUT2D eigenvalue weighted by atomic mass is 79.9. The fourth-order valence-corrected chi connectivity index (χ4v) is 8.51. The molecule has 4 heteroatoms. The lowest BCUT2D eigenvalue weighted by atomic mass is 9.48. The molecule has 1 N–H and O–H groups in total. The molecule has 0 aromatic heterocycles. The fraction of sp³-hybridized carbons (Fsp3) is 0.952. The van der Waals surface area contributed by atoms with Gasteiger partial charge in [0.15, 0.2) is 11.4 Å². The lowest BCUT2D eigenvalue weighted by molar-refractivity contribution is -0.140. The lowest BCUT2D eigenvalue weighted by Gasteiger charge is -2.57. The average molecular weight is 411 g/mol. The van der Waals surface area contributed by atoms with Crippen LogP contribution in [0.2, 0.25) is 0 Å². The minimum atomic E-state index is -0.459. The Hall–Kier alpha value is 0.0700. The van der Waals surface area contributed by atoms with Crippen molar-refractivity contribution in [3.05, 3.63) is 0 Å². The van der Waals surface area contributed by atoms with Gasteiger partial charge >= 0.3 is 0 Å². The van der Waals surface area contributed by atoms with Gasteiger partial charge in [-0.05, 0) is 87.9 Å². The zero-order valence-corrected chi connectivity index (χ0v) is 17.1. The van der Waals surface area contributed by atoms with Crippen LogP contribution in [0, 0.1) is 35.0 Å². The van der Waals surface area contributed by atoms with Crippen molar-refractivity contribution < 1.29 is 14.6 Å². The molecule has 0 unspecified atom stereocenters. The van der Waals surface area contributed by atoms with Crippen molar-refractivity contribution in [1.29, 1.82) is 0 Å². The minimum absolute atomic E-state index is 0.0523. The number of carbonyl (C=O) groups is 1. The molecule has 0 radical (unpaired) electrons. The van der Waals surface area contributed by atoms with E-state index in [0.29, 0.717) is 11.2 Å². The molecule has 25 heavy (non-hydrogen) atoms. The predicted octanol–water partition coefficient (Wildman–Crippen LogP) is 4.10. The van der Waals surface area contributed by atoms with E-state index in [1.807, 2.05) is 6.92 Å². The second kappa shape index (κ2) is 5.32. The van der Waals surface area contributed by atoms with Crippen LogP contribution in [0.25, 0.3) is 0 Å². The van der Waals surface area contributed by atoms with Crippen LogP contribution < -0.4 is 0 Å². The van der Waals surface area contributed by atoms with Crippen molar-refractivity contribution in [2.24, 2.45) is 35.0 Å². The summed E-state index contributed by atoms with van der Waals surface area (Å²) < 4.78 is 6.07. The molecule has 140 valence electrons. The number of halogens is 1. The number of hydrogen-bond donors (Lipinski definition) is 1. The molecule has 1 saturated heterocycles. The highest BCUT2D eigenvalue weighted by molar-refractivity contribution is 9.09. The van der Waals surface area contributed by atoms with Crippen LogP contribution in [-0.4, -0.2) is 33.5 Å². The molecule has 1 aliphatic heterocycles. The molecule has 3 nitrogen and oxygen atoms in total. The summed E-state index contributed by atoms with van der Waals surface area (Å²) in [6.45, 7) is 4.39. The van der Waals surface area contributed by atoms with Gasteiger partial charge in [0, 0.05) is 5.41 Å². The molecule has 0 amide bonds. The maximum Gasteiger partial charge on any atom is 0.178 e. The molecule has 0 spiro atoms. The summed E-state index contributed by atoms with van der Waals surface area (Å²) in [6.07, 6.45) is 9.45. The largest absolute Gasteiger partial charge is 0.390 e. The monoisotopic (exact) mass is 410 g/mol. The van der Waals surface area contributed by atoms with Gasteiger partial charge in [-0.2, -0.15) is 0 Å². The first-order valence-electron chi connectivity index (χ1n) is 10.3. The summed E-state index contributed by atoms with van der Waals surface area (Å²) >= 11 is 3.40. The van der Waals surface area contributed by atoms with Crippen LogP contribution in [0.3, 0.4) is 0 Å². The van der Waals surface area contributed by atoms with Crippen LogP contribution in [0.5, 0.6) is 0 Å². The molecule has 5 aliphatic rings. The molecular weight excluding hydrogens is 380 g/mol. The molecule has 0 bridgehead atoms. The number of alkyl halides is 1. The van der Waals surface area contributed by atoms with Gasteiger partial charge < -0.3 is 9.84 Å². The average Bonchev–Trinajstić information content (AvgIpc) is 3.25. The normalized spacial score (nSPS) is 59.4. The Balaban J connectivity index is 1.41. The maximum atomic E-state index is 12.7. The standard InChI is InChI=1S/C21H31BrO3/c1-19(24)7-5-13-12(10-19)3-4-15-14(13)6-8-20(2)16(15)9-18-21(20,25-18)17(23)11-22/h12-16,18,24H,3-11H2,1-2H3/t12-,13+,14-,15-,16+,18-,19-,20+,21-/m1/s1. The Bertz CT molecular complexity index is 604. The predicted molar refractivity (Wildman–Crippen MR) is 99.5 cm³/mol. The molecule has 4 aliphatic carbocycles. The third kappa shape index (κ3) is 2.14. The lowest BCUT2D eigenvalue weighted by Crippen LogP contribution is -2.54. The van der Waals surface area contributed by atoms with Crippen LogP contribution >= 0.6 is 15.9 Å². The zero-order chi connectivity index (χ0) is 17.6. The Labute approximate surface area is 159 Å². The summed E-state index contributed by atoms with van der Waals surface area (Å²) in [5.74, 6) is 4.07. The van der Waals surface area contributed by atoms with Crippen molar-refractivity contribution in [3.63, 3.8) is 0 Å². The summed E-state index contributed by atoms with van der Waals surface area (Å²) in [7, 11) is 0. The highest BCUT2D eigenvalue weighted by Crippen LogP contribution is 2.72. The third-order valence-corrected chi connectivity index (χ3v) is 9.71. The van der Waals surface area contributed by atoms with E-state index in [-0.39, 0.29) is 17.3 Å². The second-order valence-electron chi connectivity index (χ2n) is 10.3. The van der Waals surface area contributed by atoms with E-state index in [0.717, 1.165) is 49.4 Å². The van der Waals surface area contributed by atoms with Gasteiger partial charge in [0.25, 0.3) is 0 Å². The Morgan fingerprint density at radius 3 is 2.64 bits per heavy atom. The number of carbonyl (C=O) groups excluding carboxylic acids is 1. The number of rotatable bonds is 2. The van der Waals surface area contributed by atoms with Gasteiger partial charge in [-0.3, -0.25) is 4.79 Å². The summed E-state index contributed by atoms with van der Waals surface area (Å²) in [5, 5.41) is 10.9. The molecule has 0 aromatic rings. The van der Waals surface area contributed by atoms with E-state index in [9.17, 15) is 9.90 Å². The Kier molecular flexibility index (Phi) is 3.66. The Morgan fingerprint density at radius 2 is 1.88 bits per heavy atom. The number of Topliss-reactive ketones (excluding diaryl/α,β-unsaturated/α-hetero) is 1. The molecule has 1 heterocycles. The zero-order valence-electron chi connectivity index (χ0n) is 15.5. The molecule has 9 atom stereocenters. The second-order valence-corrected chi connectivity index (χ2v) is 10.8. The summed E-state index contributed by atoms with van der Waals surface area (Å²) in [6, 6.07) is 0. The quantitative estimate of drug-likeness (QED) is 0.550. The first-order chi connectivity index (χ1) is 11.8. The van der Waals surface area contributed by atoms with Crippen molar-refractivity contribution >= 4 is 21.7 Å². The molecule has 4 saturated carbocycles. The first kappa shape index (κ1) is 17.2. The van der Waals surface area contributed by atoms with Crippen molar-refractivity contribution in [1.82, 2.24) is 0 Å². The van der Waals surface area contributed by atoms with Crippen LogP contribution in [0.15, 0.2) is 0 Å². The van der Waals surface area contributed by atoms with E-state index in [2.05, 4.69) is 22.9 Å². The number of fused-ring (bicyclic) bond motifs is 7. The number of ketones is 1. The van der Waals surface area contributed by atoms with Gasteiger partial charge in [-0.15, -0.1) is 0 Å². The number of aliphatic hydroxyl groups is 1.